The van der Waals surface area contributed by atoms with E-state index in [-0.39, 0.29) is 23.0 Å². The maximum Gasteiger partial charge on any atom is 0.274 e. The zero-order valence-electron chi connectivity index (χ0n) is 10.6. The number of carbonyl (C=O) groups excluding carboxylic acids is 2. The van der Waals surface area contributed by atoms with Crippen molar-refractivity contribution in [3.8, 4) is 0 Å². The van der Waals surface area contributed by atoms with Crippen LogP contribution in [0.15, 0.2) is 12.1 Å². The molecule has 19 heavy (non-hydrogen) atoms. The quantitative estimate of drug-likeness (QED) is 0.873. The third kappa shape index (κ3) is 3.64. The first-order chi connectivity index (χ1) is 9.06. The smallest absolute Gasteiger partial charge is 0.274 e. The second kappa shape index (κ2) is 5.97. The molecule has 102 valence electrons. The Labute approximate surface area is 116 Å². The van der Waals surface area contributed by atoms with E-state index in [1.165, 1.54) is 6.92 Å². The van der Waals surface area contributed by atoms with Crippen LogP contribution < -0.4 is 5.32 Å². The van der Waals surface area contributed by atoms with Gasteiger partial charge in [-0.15, -0.1) is 10.2 Å². The lowest BCUT2D eigenvalue weighted by molar-refractivity contribution is -0.119. The van der Waals surface area contributed by atoms with Gasteiger partial charge in [-0.2, -0.15) is 0 Å². The van der Waals surface area contributed by atoms with Crippen molar-refractivity contribution in [2.24, 2.45) is 0 Å². The zero-order valence-corrected chi connectivity index (χ0v) is 11.4. The van der Waals surface area contributed by atoms with E-state index >= 15 is 0 Å². The molecule has 0 bridgehead atoms. The average Bonchev–Trinajstić information content (AvgIpc) is 2.39. The van der Waals surface area contributed by atoms with Gasteiger partial charge in [0.25, 0.3) is 5.91 Å². The Morgan fingerprint density at radius 2 is 2.00 bits per heavy atom. The summed E-state index contributed by atoms with van der Waals surface area (Å²) in [6.45, 7) is 2.71. The molecule has 1 fully saturated rings. The average molecular weight is 283 g/mol. The molecular weight excluding hydrogens is 268 g/mol. The normalized spacial score (nSPS) is 16.2. The van der Waals surface area contributed by atoms with Crippen LogP contribution in [0.3, 0.4) is 0 Å². The van der Waals surface area contributed by atoms with Crippen LogP contribution in [0.25, 0.3) is 0 Å². The highest BCUT2D eigenvalue weighted by Crippen LogP contribution is 2.13. The summed E-state index contributed by atoms with van der Waals surface area (Å²) in [5.41, 5.74) is 0.294. The van der Waals surface area contributed by atoms with Gasteiger partial charge in [-0.05, 0) is 25.0 Å². The molecule has 1 saturated heterocycles. The molecule has 0 unspecified atom stereocenters. The Morgan fingerprint density at radius 3 is 2.53 bits per heavy atom. The van der Waals surface area contributed by atoms with Crippen LogP contribution in [0.2, 0.25) is 5.15 Å². The van der Waals surface area contributed by atoms with Crippen LogP contribution in [0.5, 0.6) is 0 Å². The molecule has 7 heteroatoms. The first-order valence-electron chi connectivity index (χ1n) is 6.12. The van der Waals surface area contributed by atoms with E-state index in [1.54, 1.807) is 17.0 Å². The number of carbonyl (C=O) groups is 2. The van der Waals surface area contributed by atoms with Crippen LogP contribution >= 0.6 is 11.6 Å². The number of likely N-dealkylation sites (tertiary alicyclic amines) is 1. The molecule has 2 heterocycles. The van der Waals surface area contributed by atoms with E-state index in [0.717, 1.165) is 12.8 Å². The minimum atomic E-state index is -0.148. The van der Waals surface area contributed by atoms with Crippen molar-refractivity contribution in [2.75, 3.05) is 13.1 Å². The summed E-state index contributed by atoms with van der Waals surface area (Å²) in [7, 11) is 0. The minimum absolute atomic E-state index is 0.0339. The SMILES string of the molecule is CC(=O)NC1CCN(C(=O)c2ccc(Cl)nn2)CC1. The highest BCUT2D eigenvalue weighted by molar-refractivity contribution is 6.29. The number of halogens is 1. The lowest BCUT2D eigenvalue weighted by Gasteiger charge is -2.31. The summed E-state index contributed by atoms with van der Waals surface area (Å²) >= 11 is 5.63. The molecule has 0 radical (unpaired) electrons. The van der Waals surface area contributed by atoms with Gasteiger partial charge in [-0.1, -0.05) is 11.6 Å². The number of nitrogens with zero attached hydrogens (tertiary/aromatic N) is 3. The van der Waals surface area contributed by atoms with Gasteiger partial charge < -0.3 is 10.2 Å². The maximum absolute atomic E-state index is 12.1. The number of amides is 2. The second-order valence-electron chi connectivity index (χ2n) is 4.51. The number of piperidine rings is 1. The monoisotopic (exact) mass is 282 g/mol. The Balaban J connectivity index is 1.92. The molecule has 0 aromatic carbocycles. The first kappa shape index (κ1) is 13.7. The molecule has 0 aliphatic carbocycles. The maximum atomic E-state index is 12.1. The van der Waals surface area contributed by atoms with E-state index in [9.17, 15) is 9.59 Å². The van der Waals surface area contributed by atoms with Gasteiger partial charge in [-0.3, -0.25) is 9.59 Å². The fourth-order valence-electron chi connectivity index (χ4n) is 2.11. The van der Waals surface area contributed by atoms with E-state index < -0.39 is 0 Å². The molecule has 2 rings (SSSR count). The Kier molecular flexibility index (Phi) is 4.31. The Morgan fingerprint density at radius 1 is 1.32 bits per heavy atom. The predicted octanol–water partition coefficient (Wildman–Crippen LogP) is 0.871. The Hall–Kier alpha value is -1.69. The molecule has 1 aliphatic heterocycles. The third-order valence-electron chi connectivity index (χ3n) is 3.04. The van der Waals surface area contributed by atoms with Crippen LogP contribution in [0.1, 0.15) is 30.3 Å². The van der Waals surface area contributed by atoms with Gasteiger partial charge in [0.2, 0.25) is 5.91 Å². The number of hydrogen-bond acceptors (Lipinski definition) is 4. The van der Waals surface area contributed by atoms with Gasteiger partial charge in [0.1, 0.15) is 0 Å². The summed E-state index contributed by atoms with van der Waals surface area (Å²) in [5.74, 6) is -0.182. The van der Waals surface area contributed by atoms with E-state index in [2.05, 4.69) is 15.5 Å². The van der Waals surface area contributed by atoms with E-state index in [0.29, 0.717) is 18.8 Å². The van der Waals surface area contributed by atoms with Gasteiger partial charge >= 0.3 is 0 Å². The van der Waals surface area contributed by atoms with Crippen molar-refractivity contribution in [2.45, 2.75) is 25.8 Å². The van der Waals surface area contributed by atoms with Crippen LogP contribution in [0.4, 0.5) is 0 Å². The van der Waals surface area contributed by atoms with Crippen molar-refractivity contribution >= 4 is 23.4 Å². The van der Waals surface area contributed by atoms with Crippen LogP contribution in [-0.4, -0.2) is 46.0 Å². The highest BCUT2D eigenvalue weighted by Gasteiger charge is 2.24. The van der Waals surface area contributed by atoms with Crippen molar-refractivity contribution in [1.29, 1.82) is 0 Å². The summed E-state index contributed by atoms with van der Waals surface area (Å²) in [5, 5.41) is 10.6. The number of hydrogen-bond donors (Lipinski definition) is 1. The lowest BCUT2D eigenvalue weighted by Crippen LogP contribution is -2.46. The van der Waals surface area contributed by atoms with E-state index in [1.807, 2.05) is 0 Å². The van der Waals surface area contributed by atoms with Gasteiger partial charge in [0.05, 0.1) is 0 Å². The van der Waals surface area contributed by atoms with Crippen molar-refractivity contribution in [3.63, 3.8) is 0 Å². The van der Waals surface area contributed by atoms with Crippen molar-refractivity contribution < 1.29 is 9.59 Å². The van der Waals surface area contributed by atoms with Gasteiger partial charge in [-0.25, -0.2) is 0 Å². The van der Waals surface area contributed by atoms with Crippen LogP contribution in [0, 0.1) is 0 Å². The molecule has 6 nitrogen and oxygen atoms in total. The molecular formula is C12H15ClN4O2. The lowest BCUT2D eigenvalue weighted by atomic mass is 10.0. The Bertz CT molecular complexity index is 469. The van der Waals surface area contributed by atoms with Crippen LogP contribution in [-0.2, 0) is 4.79 Å². The fourth-order valence-corrected chi connectivity index (χ4v) is 2.21. The van der Waals surface area contributed by atoms with Gasteiger partial charge in [0, 0.05) is 26.1 Å². The standard InChI is InChI=1S/C12H15ClN4O2/c1-8(18)14-9-4-6-17(7-5-9)12(19)10-2-3-11(13)16-15-10/h2-3,9H,4-7H2,1H3,(H,14,18). The number of aromatic nitrogens is 2. The topological polar surface area (TPSA) is 75.2 Å². The number of rotatable bonds is 2. The summed E-state index contributed by atoms with van der Waals surface area (Å²) in [6, 6.07) is 3.27. The summed E-state index contributed by atoms with van der Waals surface area (Å²) in [4.78, 5) is 24.8. The summed E-state index contributed by atoms with van der Waals surface area (Å²) < 4.78 is 0. The predicted molar refractivity (Wildman–Crippen MR) is 69.8 cm³/mol. The molecule has 1 aliphatic rings. The molecule has 1 N–H and O–H groups in total. The molecule has 0 saturated carbocycles. The fraction of sp³-hybridized carbons (Fsp3) is 0.500. The molecule has 0 spiro atoms. The van der Waals surface area contributed by atoms with E-state index in [4.69, 9.17) is 11.6 Å². The number of nitrogens with one attached hydrogen (secondary N) is 1. The van der Waals surface area contributed by atoms with Crippen molar-refractivity contribution in [3.05, 3.63) is 23.0 Å². The zero-order chi connectivity index (χ0) is 13.8. The molecule has 1 aromatic rings. The minimum Gasteiger partial charge on any atom is -0.353 e. The second-order valence-corrected chi connectivity index (χ2v) is 4.90. The molecule has 2 amide bonds. The molecule has 0 atom stereocenters. The van der Waals surface area contributed by atoms with Crippen molar-refractivity contribution in [1.82, 2.24) is 20.4 Å². The summed E-state index contributed by atoms with van der Waals surface area (Å²) in [6.07, 6.45) is 1.51. The molecule has 1 aromatic heterocycles. The van der Waals surface area contributed by atoms with Gasteiger partial charge in [0.15, 0.2) is 10.8 Å². The first-order valence-corrected chi connectivity index (χ1v) is 6.49. The highest BCUT2D eigenvalue weighted by atomic mass is 35.5. The largest absolute Gasteiger partial charge is 0.353 e. The third-order valence-corrected chi connectivity index (χ3v) is 3.24.